The van der Waals surface area contributed by atoms with Gasteiger partial charge in [0, 0.05) is 45.9 Å². The highest BCUT2D eigenvalue weighted by atomic mass is 32.2. The van der Waals surface area contributed by atoms with Crippen molar-refractivity contribution >= 4 is 44.9 Å². The third-order valence-electron chi connectivity index (χ3n) is 2.88. The normalized spacial score (nSPS) is 20.1. The maximum Gasteiger partial charge on any atom is 0.241 e. The SMILES string of the molecule is CCNCc1cc(S(=O)(=O)NCC2CSCCS2)cs1. The summed E-state index contributed by atoms with van der Waals surface area (Å²) in [5, 5.41) is 5.31. The van der Waals surface area contributed by atoms with Gasteiger partial charge in [0.1, 0.15) is 0 Å². The summed E-state index contributed by atoms with van der Waals surface area (Å²) in [4.78, 5) is 1.44. The van der Waals surface area contributed by atoms with E-state index in [-0.39, 0.29) is 0 Å². The van der Waals surface area contributed by atoms with E-state index in [4.69, 9.17) is 0 Å². The van der Waals surface area contributed by atoms with E-state index in [1.165, 1.54) is 17.1 Å². The smallest absolute Gasteiger partial charge is 0.241 e. The van der Waals surface area contributed by atoms with Crippen LogP contribution in [0.3, 0.4) is 0 Å². The molecule has 2 heterocycles. The van der Waals surface area contributed by atoms with Crippen LogP contribution in [0.15, 0.2) is 16.3 Å². The molecule has 0 amide bonds. The van der Waals surface area contributed by atoms with E-state index in [1.807, 2.05) is 30.4 Å². The van der Waals surface area contributed by atoms with Gasteiger partial charge in [-0.3, -0.25) is 0 Å². The largest absolute Gasteiger partial charge is 0.312 e. The predicted octanol–water partition coefficient (Wildman–Crippen LogP) is 1.98. The van der Waals surface area contributed by atoms with Gasteiger partial charge in [-0.05, 0) is 12.6 Å². The Morgan fingerprint density at radius 3 is 2.95 bits per heavy atom. The van der Waals surface area contributed by atoms with Gasteiger partial charge in [0.2, 0.25) is 10.0 Å². The molecule has 114 valence electrons. The molecule has 2 N–H and O–H groups in total. The number of hydrogen-bond donors (Lipinski definition) is 2. The molecule has 20 heavy (non-hydrogen) atoms. The fourth-order valence-corrected chi connectivity index (χ4v) is 6.83. The average molecular weight is 353 g/mol. The van der Waals surface area contributed by atoms with Gasteiger partial charge in [0.15, 0.2) is 0 Å². The first-order chi connectivity index (χ1) is 9.62. The summed E-state index contributed by atoms with van der Waals surface area (Å²) in [6.07, 6.45) is 0. The van der Waals surface area contributed by atoms with Crippen LogP contribution < -0.4 is 10.0 Å². The van der Waals surface area contributed by atoms with Gasteiger partial charge in [0.05, 0.1) is 4.90 Å². The van der Waals surface area contributed by atoms with Gasteiger partial charge in [-0.15, -0.1) is 11.3 Å². The molecule has 0 saturated carbocycles. The van der Waals surface area contributed by atoms with E-state index >= 15 is 0 Å². The quantitative estimate of drug-likeness (QED) is 0.786. The summed E-state index contributed by atoms with van der Waals surface area (Å²) >= 11 is 5.25. The van der Waals surface area contributed by atoms with Crippen molar-refractivity contribution in [2.24, 2.45) is 0 Å². The van der Waals surface area contributed by atoms with Crippen molar-refractivity contribution in [1.82, 2.24) is 10.0 Å². The van der Waals surface area contributed by atoms with Crippen LogP contribution in [0.25, 0.3) is 0 Å². The molecule has 1 aliphatic rings. The molecule has 4 nitrogen and oxygen atoms in total. The lowest BCUT2D eigenvalue weighted by atomic mass is 10.4. The van der Waals surface area contributed by atoms with Crippen molar-refractivity contribution < 1.29 is 8.42 Å². The van der Waals surface area contributed by atoms with Crippen molar-refractivity contribution in [2.45, 2.75) is 23.6 Å². The molecule has 1 aromatic heterocycles. The summed E-state index contributed by atoms with van der Waals surface area (Å²) in [5.41, 5.74) is 0. The Hall–Kier alpha value is 0.270. The number of rotatable bonds is 7. The Balaban J connectivity index is 1.90. The van der Waals surface area contributed by atoms with E-state index in [9.17, 15) is 8.42 Å². The maximum absolute atomic E-state index is 12.2. The van der Waals surface area contributed by atoms with Gasteiger partial charge in [-0.1, -0.05) is 6.92 Å². The first kappa shape index (κ1) is 16.6. The molecule has 1 aliphatic heterocycles. The van der Waals surface area contributed by atoms with Gasteiger partial charge < -0.3 is 5.32 Å². The highest BCUT2D eigenvalue weighted by molar-refractivity contribution is 8.06. The van der Waals surface area contributed by atoms with E-state index in [2.05, 4.69) is 10.0 Å². The van der Waals surface area contributed by atoms with Crippen LogP contribution in [0.4, 0.5) is 0 Å². The van der Waals surface area contributed by atoms with Gasteiger partial charge in [0.25, 0.3) is 0 Å². The number of hydrogen-bond acceptors (Lipinski definition) is 6. The van der Waals surface area contributed by atoms with Crippen LogP contribution in [-0.2, 0) is 16.6 Å². The molecule has 1 fully saturated rings. The molecule has 1 unspecified atom stereocenters. The van der Waals surface area contributed by atoms with Crippen molar-refractivity contribution in [3.63, 3.8) is 0 Å². The number of sulfonamides is 1. The Morgan fingerprint density at radius 1 is 1.40 bits per heavy atom. The Morgan fingerprint density at radius 2 is 2.25 bits per heavy atom. The standard InChI is InChI=1S/C12H20N2O2S4/c1-2-13-6-10-5-12(9-19-10)20(15,16)14-7-11-8-17-3-4-18-11/h5,9,11,13-14H,2-4,6-8H2,1H3. The zero-order valence-electron chi connectivity index (χ0n) is 11.4. The maximum atomic E-state index is 12.2. The lowest BCUT2D eigenvalue weighted by molar-refractivity contribution is 0.582. The molecule has 1 aromatic rings. The van der Waals surface area contributed by atoms with Crippen LogP contribution in [0.1, 0.15) is 11.8 Å². The monoisotopic (exact) mass is 352 g/mol. The lowest BCUT2D eigenvalue weighted by Crippen LogP contribution is -2.33. The lowest BCUT2D eigenvalue weighted by Gasteiger charge is -2.20. The van der Waals surface area contributed by atoms with Crippen LogP contribution in [0, 0.1) is 0 Å². The molecular weight excluding hydrogens is 332 g/mol. The zero-order valence-corrected chi connectivity index (χ0v) is 14.7. The minimum absolute atomic E-state index is 0.392. The molecular formula is C12H20N2O2S4. The minimum Gasteiger partial charge on any atom is -0.312 e. The molecule has 1 saturated heterocycles. The topological polar surface area (TPSA) is 58.2 Å². The van der Waals surface area contributed by atoms with Gasteiger partial charge in [-0.2, -0.15) is 23.5 Å². The van der Waals surface area contributed by atoms with Crippen molar-refractivity contribution in [3.8, 4) is 0 Å². The van der Waals surface area contributed by atoms with Crippen LogP contribution in [0.5, 0.6) is 0 Å². The first-order valence-electron chi connectivity index (χ1n) is 6.59. The van der Waals surface area contributed by atoms with Gasteiger partial charge in [-0.25, -0.2) is 13.1 Å². The number of thioether (sulfide) groups is 2. The third-order valence-corrected chi connectivity index (χ3v) is 8.21. The molecule has 0 spiro atoms. The molecule has 0 aromatic carbocycles. The van der Waals surface area contributed by atoms with Crippen molar-refractivity contribution in [3.05, 3.63) is 16.3 Å². The summed E-state index contributed by atoms with van der Waals surface area (Å²) in [6, 6.07) is 1.76. The summed E-state index contributed by atoms with van der Waals surface area (Å²) in [7, 11) is -3.35. The van der Waals surface area contributed by atoms with Crippen LogP contribution in [-0.4, -0.2) is 44.0 Å². The van der Waals surface area contributed by atoms with Crippen molar-refractivity contribution in [2.75, 3.05) is 30.3 Å². The molecule has 0 bridgehead atoms. The van der Waals surface area contributed by atoms with E-state index in [0.29, 0.717) is 16.7 Å². The molecule has 8 heteroatoms. The Labute approximate surface area is 133 Å². The summed E-state index contributed by atoms with van der Waals surface area (Å²) in [6.45, 7) is 4.17. The number of thiophene rings is 1. The second-order valence-corrected chi connectivity index (χ2v) is 9.77. The van der Waals surface area contributed by atoms with E-state index in [1.54, 1.807) is 11.4 Å². The van der Waals surface area contributed by atoms with Crippen LogP contribution in [0.2, 0.25) is 0 Å². The molecule has 1 atom stereocenters. The third kappa shape index (κ3) is 4.92. The fourth-order valence-electron chi connectivity index (χ4n) is 1.78. The second kappa shape index (κ2) is 8.05. The second-order valence-electron chi connectivity index (χ2n) is 4.45. The highest BCUT2D eigenvalue weighted by Gasteiger charge is 2.20. The fraction of sp³-hybridized carbons (Fsp3) is 0.667. The van der Waals surface area contributed by atoms with Gasteiger partial charge >= 0.3 is 0 Å². The van der Waals surface area contributed by atoms with E-state index in [0.717, 1.165) is 29.5 Å². The van der Waals surface area contributed by atoms with Crippen molar-refractivity contribution in [1.29, 1.82) is 0 Å². The average Bonchev–Trinajstić information content (AvgIpc) is 2.94. The molecule has 2 rings (SSSR count). The Kier molecular flexibility index (Phi) is 6.70. The van der Waals surface area contributed by atoms with Crippen LogP contribution >= 0.6 is 34.9 Å². The molecule has 0 radical (unpaired) electrons. The summed E-state index contributed by atoms with van der Waals surface area (Å²) in [5.74, 6) is 3.32. The predicted molar refractivity (Wildman–Crippen MR) is 90.5 cm³/mol. The number of nitrogens with one attached hydrogen (secondary N) is 2. The zero-order chi connectivity index (χ0) is 14.4. The Bertz CT molecular complexity index is 509. The first-order valence-corrected chi connectivity index (χ1v) is 11.2. The summed E-state index contributed by atoms with van der Waals surface area (Å²) < 4.78 is 27.2. The molecule has 0 aliphatic carbocycles. The highest BCUT2D eigenvalue weighted by Crippen LogP contribution is 2.24. The minimum atomic E-state index is -3.35. The van der Waals surface area contributed by atoms with E-state index < -0.39 is 10.0 Å².